The summed E-state index contributed by atoms with van der Waals surface area (Å²) >= 11 is 4.78. The van der Waals surface area contributed by atoms with Crippen molar-refractivity contribution in [3.05, 3.63) is 52.2 Å². The van der Waals surface area contributed by atoms with Crippen molar-refractivity contribution >= 4 is 37.1 Å². The third-order valence-electron chi connectivity index (χ3n) is 2.78. The Morgan fingerprint density at radius 1 is 1.26 bits per heavy atom. The van der Waals surface area contributed by atoms with Gasteiger partial charge in [0, 0.05) is 10.2 Å². The molecule has 0 amide bonds. The summed E-state index contributed by atoms with van der Waals surface area (Å²) in [5.41, 5.74) is 1.05. The van der Waals surface area contributed by atoms with Crippen LogP contribution in [0, 0.1) is 0 Å². The van der Waals surface area contributed by atoms with E-state index in [1.807, 2.05) is 29.6 Å². The third-order valence-corrected chi connectivity index (χ3v) is 6.55. The van der Waals surface area contributed by atoms with Crippen molar-refractivity contribution in [2.75, 3.05) is 7.05 Å². The first-order chi connectivity index (χ1) is 9.09. The predicted octanol–water partition coefficient (Wildman–Crippen LogP) is 3.33. The molecular formula is C13H14BrNO2S2. The summed E-state index contributed by atoms with van der Waals surface area (Å²) in [5.74, 6) is 0. The Kier molecular flexibility index (Phi) is 4.78. The molecule has 1 atom stereocenters. The van der Waals surface area contributed by atoms with Crippen LogP contribution < -0.4 is 5.32 Å². The average molecular weight is 360 g/mol. The van der Waals surface area contributed by atoms with Gasteiger partial charge in [0.2, 0.25) is 0 Å². The Morgan fingerprint density at radius 3 is 2.42 bits per heavy atom. The zero-order chi connectivity index (χ0) is 13.9. The number of nitrogens with one attached hydrogen (secondary N) is 1. The molecule has 0 saturated heterocycles. The molecule has 1 N–H and O–H groups in total. The van der Waals surface area contributed by atoms with Crippen LogP contribution in [-0.2, 0) is 15.2 Å². The fourth-order valence-corrected chi connectivity index (χ4v) is 4.91. The van der Waals surface area contributed by atoms with Gasteiger partial charge in [0.15, 0.2) is 9.84 Å². The van der Waals surface area contributed by atoms with Crippen molar-refractivity contribution in [3.63, 3.8) is 0 Å². The predicted molar refractivity (Wildman–Crippen MR) is 82.4 cm³/mol. The van der Waals surface area contributed by atoms with E-state index < -0.39 is 15.2 Å². The number of halogens is 1. The summed E-state index contributed by atoms with van der Waals surface area (Å²) < 4.78 is 25.2. The maximum absolute atomic E-state index is 12.6. The van der Waals surface area contributed by atoms with E-state index in [4.69, 9.17) is 0 Å². The quantitative estimate of drug-likeness (QED) is 0.832. The maximum atomic E-state index is 12.6. The molecule has 1 unspecified atom stereocenters. The number of hydrogen-bond acceptors (Lipinski definition) is 4. The second kappa shape index (κ2) is 6.17. The van der Waals surface area contributed by atoms with Crippen molar-refractivity contribution in [1.82, 2.24) is 5.32 Å². The van der Waals surface area contributed by atoms with Crippen LogP contribution in [0.4, 0.5) is 0 Å². The van der Waals surface area contributed by atoms with Gasteiger partial charge in [0.05, 0.1) is 4.90 Å². The maximum Gasteiger partial charge on any atom is 0.199 e. The normalized spacial score (nSPS) is 13.4. The van der Waals surface area contributed by atoms with Gasteiger partial charge in [0.1, 0.15) is 5.37 Å². The molecular weight excluding hydrogens is 346 g/mol. The lowest BCUT2D eigenvalue weighted by atomic mass is 10.2. The van der Waals surface area contributed by atoms with E-state index >= 15 is 0 Å². The lowest BCUT2D eigenvalue weighted by molar-refractivity contribution is 0.571. The van der Waals surface area contributed by atoms with Crippen molar-refractivity contribution in [3.8, 4) is 0 Å². The van der Waals surface area contributed by atoms with E-state index in [2.05, 4.69) is 21.2 Å². The van der Waals surface area contributed by atoms with Crippen molar-refractivity contribution in [2.45, 2.75) is 15.6 Å². The number of alkyl halides is 1. The second-order valence-electron chi connectivity index (χ2n) is 4.01. The Labute approximate surface area is 125 Å². The third kappa shape index (κ3) is 3.08. The molecule has 3 nitrogen and oxygen atoms in total. The van der Waals surface area contributed by atoms with Crippen LogP contribution in [0.1, 0.15) is 15.8 Å². The van der Waals surface area contributed by atoms with E-state index in [1.165, 1.54) is 11.3 Å². The Bertz CT molecular complexity index is 621. The van der Waals surface area contributed by atoms with Gasteiger partial charge in [-0.15, -0.1) is 11.3 Å². The van der Waals surface area contributed by atoms with Crippen LogP contribution in [0.5, 0.6) is 0 Å². The van der Waals surface area contributed by atoms with E-state index in [-0.39, 0.29) is 0 Å². The fraction of sp³-hybridized carbons (Fsp3) is 0.231. The second-order valence-corrected chi connectivity index (χ2v) is 7.58. The molecule has 0 bridgehead atoms. The largest absolute Gasteiger partial charge is 0.300 e. The summed E-state index contributed by atoms with van der Waals surface area (Å²) in [6.07, 6.45) is 0. The molecule has 2 rings (SSSR count). The van der Waals surface area contributed by atoms with Gasteiger partial charge >= 0.3 is 0 Å². The highest BCUT2D eigenvalue weighted by atomic mass is 79.9. The van der Waals surface area contributed by atoms with Crippen LogP contribution in [0.25, 0.3) is 0 Å². The standard InChI is InChI=1S/C13H14BrNO2S2/c1-15-13(12-3-2-8-18-12)19(16,17)11-6-4-10(9-14)5-7-11/h2-8,13,15H,9H2,1H3. The van der Waals surface area contributed by atoms with Crippen LogP contribution in [0.3, 0.4) is 0 Å². The molecule has 1 aromatic carbocycles. The highest BCUT2D eigenvalue weighted by Crippen LogP contribution is 2.29. The molecule has 2 aromatic rings. The first-order valence-corrected chi connectivity index (χ1v) is 9.24. The highest BCUT2D eigenvalue weighted by Gasteiger charge is 2.28. The molecule has 0 radical (unpaired) electrons. The topological polar surface area (TPSA) is 46.2 Å². The Hall–Kier alpha value is -0.690. The minimum absolute atomic E-state index is 0.338. The smallest absolute Gasteiger partial charge is 0.199 e. The van der Waals surface area contributed by atoms with E-state index in [1.54, 1.807) is 19.2 Å². The molecule has 1 heterocycles. The lowest BCUT2D eigenvalue weighted by Crippen LogP contribution is -2.25. The first kappa shape index (κ1) is 14.7. The zero-order valence-electron chi connectivity index (χ0n) is 10.3. The molecule has 0 saturated carbocycles. The number of sulfone groups is 1. The van der Waals surface area contributed by atoms with Gasteiger partial charge in [-0.25, -0.2) is 8.42 Å². The lowest BCUT2D eigenvalue weighted by Gasteiger charge is -2.15. The summed E-state index contributed by atoms with van der Waals surface area (Å²) in [4.78, 5) is 1.14. The molecule has 0 aliphatic heterocycles. The van der Waals surface area contributed by atoms with Crippen LogP contribution >= 0.6 is 27.3 Å². The fourth-order valence-electron chi connectivity index (χ4n) is 1.80. The van der Waals surface area contributed by atoms with Crippen LogP contribution in [0.15, 0.2) is 46.7 Å². The Balaban J connectivity index is 2.39. The van der Waals surface area contributed by atoms with Gasteiger partial charge in [-0.2, -0.15) is 0 Å². The van der Waals surface area contributed by atoms with Crippen molar-refractivity contribution in [1.29, 1.82) is 0 Å². The molecule has 102 valence electrons. The molecule has 0 aliphatic carbocycles. The van der Waals surface area contributed by atoms with Crippen molar-refractivity contribution < 1.29 is 8.42 Å². The van der Waals surface area contributed by atoms with Gasteiger partial charge in [-0.1, -0.05) is 34.1 Å². The number of hydrogen-bond donors (Lipinski definition) is 1. The van der Waals surface area contributed by atoms with Crippen LogP contribution in [-0.4, -0.2) is 15.5 Å². The summed E-state index contributed by atoms with van der Waals surface area (Å²) in [5, 5.41) is 4.79. The number of rotatable bonds is 5. The van der Waals surface area contributed by atoms with Crippen LogP contribution in [0.2, 0.25) is 0 Å². The van der Waals surface area contributed by atoms with Gasteiger partial charge in [0.25, 0.3) is 0 Å². The van der Waals surface area contributed by atoms with E-state index in [0.29, 0.717) is 10.2 Å². The van der Waals surface area contributed by atoms with E-state index in [9.17, 15) is 8.42 Å². The van der Waals surface area contributed by atoms with E-state index in [0.717, 1.165) is 10.4 Å². The highest BCUT2D eigenvalue weighted by molar-refractivity contribution is 9.08. The molecule has 1 aromatic heterocycles. The number of benzene rings is 1. The monoisotopic (exact) mass is 359 g/mol. The summed E-state index contributed by atoms with van der Waals surface area (Å²) in [6.45, 7) is 0. The molecule has 0 spiro atoms. The average Bonchev–Trinajstić information content (AvgIpc) is 2.93. The first-order valence-electron chi connectivity index (χ1n) is 5.69. The zero-order valence-corrected chi connectivity index (χ0v) is 13.6. The Morgan fingerprint density at radius 2 is 1.95 bits per heavy atom. The van der Waals surface area contributed by atoms with Crippen molar-refractivity contribution in [2.24, 2.45) is 0 Å². The van der Waals surface area contributed by atoms with Gasteiger partial charge < -0.3 is 0 Å². The summed E-state index contributed by atoms with van der Waals surface area (Å²) in [7, 11) is -1.75. The minimum atomic E-state index is -3.42. The summed E-state index contributed by atoms with van der Waals surface area (Å²) in [6, 6.07) is 10.6. The molecule has 19 heavy (non-hydrogen) atoms. The van der Waals surface area contributed by atoms with Gasteiger partial charge in [-0.05, 0) is 36.2 Å². The minimum Gasteiger partial charge on any atom is -0.300 e. The van der Waals surface area contributed by atoms with Gasteiger partial charge in [-0.3, -0.25) is 5.32 Å². The molecule has 0 fully saturated rings. The molecule has 6 heteroatoms. The SMILES string of the molecule is CNC(c1cccs1)S(=O)(=O)c1ccc(CBr)cc1. The number of thiophene rings is 1. The molecule has 0 aliphatic rings.